The van der Waals surface area contributed by atoms with E-state index in [0.29, 0.717) is 23.7 Å². The van der Waals surface area contributed by atoms with Gasteiger partial charge in [0.15, 0.2) is 0 Å². The zero-order valence-corrected chi connectivity index (χ0v) is 17.6. The highest BCUT2D eigenvalue weighted by molar-refractivity contribution is 9.10. The summed E-state index contributed by atoms with van der Waals surface area (Å²) in [6, 6.07) is 6.47. The summed E-state index contributed by atoms with van der Waals surface area (Å²) in [5.41, 5.74) is 2.67. The van der Waals surface area contributed by atoms with Crippen LogP contribution in [0.4, 0.5) is 0 Å². The van der Waals surface area contributed by atoms with E-state index < -0.39 is 5.97 Å². The first-order chi connectivity index (χ1) is 13.0. The van der Waals surface area contributed by atoms with Gasteiger partial charge in [-0.05, 0) is 86.1 Å². The molecule has 27 heavy (non-hydrogen) atoms. The number of carboxylic acid groups (broad SMARTS) is 1. The molecule has 3 nitrogen and oxygen atoms in total. The number of carbonyl (C=O) groups is 1. The lowest BCUT2D eigenvalue weighted by Gasteiger charge is -2.44. The molecule has 1 aromatic carbocycles. The molecule has 0 aromatic heterocycles. The van der Waals surface area contributed by atoms with E-state index >= 15 is 0 Å². The topological polar surface area (TPSA) is 49.3 Å². The van der Waals surface area contributed by atoms with E-state index in [1.165, 1.54) is 24.0 Å². The van der Waals surface area contributed by atoms with Gasteiger partial charge < -0.3 is 10.4 Å². The van der Waals surface area contributed by atoms with Crippen LogP contribution in [0.1, 0.15) is 43.2 Å². The first-order valence-corrected chi connectivity index (χ1v) is 10.9. The zero-order valence-electron chi connectivity index (χ0n) is 16.0. The normalized spacial score (nSPS) is 26.7. The van der Waals surface area contributed by atoms with Crippen LogP contribution >= 0.6 is 15.9 Å². The minimum atomic E-state index is -0.701. The molecular formula is C23H30BrNO2. The Morgan fingerprint density at radius 3 is 2.78 bits per heavy atom. The van der Waals surface area contributed by atoms with E-state index in [1.54, 1.807) is 0 Å². The van der Waals surface area contributed by atoms with E-state index in [9.17, 15) is 4.79 Å². The van der Waals surface area contributed by atoms with E-state index in [4.69, 9.17) is 5.11 Å². The van der Waals surface area contributed by atoms with E-state index in [1.807, 2.05) is 0 Å². The number of unbranched alkanes of at least 4 members (excludes halogenated alkanes) is 1. The Labute approximate surface area is 171 Å². The largest absolute Gasteiger partial charge is 0.481 e. The third kappa shape index (κ3) is 5.55. The fraction of sp³-hybridized carbons (Fsp3) is 0.522. The quantitative estimate of drug-likeness (QED) is 0.401. The molecule has 0 amide bonds. The van der Waals surface area contributed by atoms with Gasteiger partial charge in [0.25, 0.3) is 0 Å². The number of halogens is 1. The summed E-state index contributed by atoms with van der Waals surface area (Å²) in [4.78, 5) is 10.7. The molecular weight excluding hydrogens is 402 g/mol. The van der Waals surface area contributed by atoms with E-state index in [2.05, 4.69) is 70.7 Å². The highest BCUT2D eigenvalue weighted by Crippen LogP contribution is 2.45. The van der Waals surface area contributed by atoms with Crippen molar-refractivity contribution in [3.05, 3.63) is 58.1 Å². The van der Waals surface area contributed by atoms with Gasteiger partial charge in [-0.3, -0.25) is 4.79 Å². The van der Waals surface area contributed by atoms with Gasteiger partial charge in [0.1, 0.15) is 0 Å². The number of aryl methyl sites for hydroxylation is 1. The Bertz CT molecular complexity index is 712. The molecule has 0 radical (unpaired) electrons. The maximum Gasteiger partial charge on any atom is 0.303 e. The summed E-state index contributed by atoms with van der Waals surface area (Å²) < 4.78 is 1.13. The second kappa shape index (κ2) is 9.70. The van der Waals surface area contributed by atoms with Gasteiger partial charge in [0, 0.05) is 17.4 Å². The second-order valence-electron chi connectivity index (χ2n) is 7.95. The fourth-order valence-corrected chi connectivity index (χ4v) is 5.05. The zero-order chi connectivity index (χ0) is 19.2. The molecule has 0 heterocycles. The van der Waals surface area contributed by atoms with Gasteiger partial charge in [0.05, 0.1) is 0 Å². The molecule has 1 fully saturated rings. The number of carboxylic acids is 1. The monoisotopic (exact) mass is 431 g/mol. The highest BCUT2D eigenvalue weighted by atomic mass is 79.9. The van der Waals surface area contributed by atoms with Gasteiger partial charge in [-0.1, -0.05) is 46.3 Å². The van der Waals surface area contributed by atoms with Gasteiger partial charge >= 0.3 is 5.97 Å². The first-order valence-electron chi connectivity index (χ1n) is 10.1. The van der Waals surface area contributed by atoms with Crippen LogP contribution in [0, 0.1) is 30.6 Å². The molecule has 1 aromatic rings. The number of hydrogen-bond acceptors (Lipinski definition) is 2. The number of nitrogens with one attached hydrogen (secondary N) is 1. The predicted octanol–water partition coefficient (Wildman–Crippen LogP) is 5.49. The second-order valence-corrected chi connectivity index (χ2v) is 8.86. The van der Waals surface area contributed by atoms with Crippen LogP contribution in [0.3, 0.4) is 0 Å². The van der Waals surface area contributed by atoms with Crippen molar-refractivity contribution in [1.82, 2.24) is 5.32 Å². The molecule has 2 bridgehead atoms. The molecule has 1 saturated carbocycles. The van der Waals surface area contributed by atoms with Crippen molar-refractivity contribution in [3.8, 4) is 0 Å². The summed E-state index contributed by atoms with van der Waals surface area (Å²) in [6.07, 6.45) is 13.9. The van der Waals surface area contributed by atoms with Gasteiger partial charge in [-0.15, -0.1) is 0 Å². The van der Waals surface area contributed by atoms with Crippen molar-refractivity contribution in [2.75, 3.05) is 6.54 Å². The average molecular weight is 432 g/mol. The number of aliphatic carboxylic acids is 1. The molecule has 3 aliphatic carbocycles. The molecule has 0 aliphatic heterocycles. The maximum absolute atomic E-state index is 10.7. The standard InChI is InChI=1S/C23H30BrNO2/c1-16-13-20(24)12-11-19(16)14-25-15-22-18-9-7-17(8-10-18)21(22)5-3-2-4-6-23(26)27/h3,5,7,9,11-13,17-18,21-22,25H,2,4,6,8,10,14-15H2,1H3,(H,26,27)/b5-3-/t17-,18+,21-,22-/m0/s1. The Balaban J connectivity index is 1.55. The summed E-state index contributed by atoms with van der Waals surface area (Å²) in [5, 5.41) is 12.5. The lowest BCUT2D eigenvalue weighted by Crippen LogP contribution is -2.41. The first kappa shape index (κ1) is 20.3. The van der Waals surface area contributed by atoms with Gasteiger partial charge in [-0.2, -0.15) is 0 Å². The Morgan fingerprint density at radius 1 is 1.30 bits per heavy atom. The summed E-state index contributed by atoms with van der Waals surface area (Å²) in [6.45, 7) is 4.10. The summed E-state index contributed by atoms with van der Waals surface area (Å²) in [5.74, 6) is 1.83. The number of allylic oxidation sites excluding steroid dienone is 4. The molecule has 2 N–H and O–H groups in total. The predicted molar refractivity (Wildman–Crippen MR) is 114 cm³/mol. The molecule has 0 saturated heterocycles. The van der Waals surface area contributed by atoms with Crippen molar-refractivity contribution >= 4 is 21.9 Å². The number of hydrogen-bond donors (Lipinski definition) is 2. The smallest absolute Gasteiger partial charge is 0.303 e. The highest BCUT2D eigenvalue weighted by Gasteiger charge is 2.38. The van der Waals surface area contributed by atoms with E-state index in [0.717, 1.165) is 30.4 Å². The lowest BCUT2D eigenvalue weighted by molar-refractivity contribution is -0.137. The molecule has 4 heteroatoms. The lowest BCUT2D eigenvalue weighted by atomic mass is 9.62. The minimum Gasteiger partial charge on any atom is -0.481 e. The van der Waals surface area contributed by atoms with Crippen LogP contribution in [-0.4, -0.2) is 17.6 Å². The number of fused-ring (bicyclic) bond motifs is 2. The van der Waals surface area contributed by atoms with Crippen LogP contribution in [-0.2, 0) is 11.3 Å². The Hall–Kier alpha value is -1.39. The van der Waals surface area contributed by atoms with Crippen LogP contribution in [0.5, 0.6) is 0 Å². The van der Waals surface area contributed by atoms with Gasteiger partial charge in [-0.25, -0.2) is 0 Å². The number of benzene rings is 1. The molecule has 3 aliphatic rings. The van der Waals surface area contributed by atoms with Crippen molar-refractivity contribution in [1.29, 1.82) is 0 Å². The average Bonchev–Trinajstić information content (AvgIpc) is 2.64. The number of rotatable bonds is 9. The third-order valence-electron chi connectivity index (χ3n) is 6.10. The Kier molecular flexibility index (Phi) is 7.31. The molecule has 0 spiro atoms. The SMILES string of the molecule is Cc1cc(Br)ccc1CNC[C@@H]1[C@@H](/C=C\CCCC(=O)O)[C@H]2C=C[C@@H]1CC2. The summed E-state index contributed by atoms with van der Waals surface area (Å²) >= 11 is 3.53. The minimum absolute atomic E-state index is 0.262. The molecule has 146 valence electrons. The van der Waals surface area contributed by atoms with Crippen LogP contribution in [0.15, 0.2) is 47.0 Å². The van der Waals surface area contributed by atoms with Crippen LogP contribution in [0.25, 0.3) is 0 Å². The molecule has 0 unspecified atom stereocenters. The fourth-order valence-electron chi connectivity index (χ4n) is 4.57. The van der Waals surface area contributed by atoms with Crippen molar-refractivity contribution in [3.63, 3.8) is 0 Å². The van der Waals surface area contributed by atoms with Crippen LogP contribution in [0.2, 0.25) is 0 Å². The maximum atomic E-state index is 10.7. The van der Waals surface area contributed by atoms with Crippen molar-refractivity contribution in [2.45, 2.75) is 45.6 Å². The molecule has 4 atom stereocenters. The third-order valence-corrected chi connectivity index (χ3v) is 6.59. The van der Waals surface area contributed by atoms with Crippen molar-refractivity contribution < 1.29 is 9.90 Å². The van der Waals surface area contributed by atoms with E-state index in [-0.39, 0.29) is 6.42 Å². The summed E-state index contributed by atoms with van der Waals surface area (Å²) in [7, 11) is 0. The van der Waals surface area contributed by atoms with Gasteiger partial charge in [0.2, 0.25) is 0 Å². The van der Waals surface area contributed by atoms with Crippen molar-refractivity contribution in [2.24, 2.45) is 23.7 Å². The Morgan fingerprint density at radius 2 is 2.07 bits per heavy atom. The molecule has 4 rings (SSSR count). The van der Waals surface area contributed by atoms with Crippen LogP contribution < -0.4 is 5.32 Å².